The first-order valence-electron chi connectivity index (χ1n) is 4.69. The second-order valence-electron chi connectivity index (χ2n) is 4.47. The summed E-state index contributed by atoms with van der Waals surface area (Å²) in [4.78, 5) is 0. The fourth-order valence-electron chi connectivity index (χ4n) is 1.69. The van der Waals surface area contributed by atoms with Gasteiger partial charge in [-0.3, -0.25) is 0 Å². The van der Waals surface area contributed by atoms with E-state index in [4.69, 9.17) is 0 Å². The monoisotopic (exact) mass is 190 g/mol. The highest BCUT2D eigenvalue weighted by Crippen LogP contribution is 2.20. The Morgan fingerprint density at radius 3 is 2.38 bits per heavy atom. The van der Waals surface area contributed by atoms with Crippen LogP contribution in [0.5, 0.6) is 0 Å². The third-order valence-corrected chi connectivity index (χ3v) is 3.52. The van der Waals surface area contributed by atoms with Gasteiger partial charge in [-0.05, 0) is 16.5 Å². The summed E-state index contributed by atoms with van der Waals surface area (Å²) in [5.74, 6) is 0. The van der Waals surface area contributed by atoms with Gasteiger partial charge in [-0.25, -0.2) is 0 Å². The highest BCUT2D eigenvalue weighted by Gasteiger charge is 2.16. The number of hydrogen-bond donors (Lipinski definition) is 0. The van der Waals surface area contributed by atoms with Crippen molar-refractivity contribution in [1.29, 1.82) is 0 Å². The van der Waals surface area contributed by atoms with Gasteiger partial charge >= 0.3 is 0 Å². The molecule has 0 spiro atoms. The fourth-order valence-corrected chi connectivity index (χ4v) is 2.97. The summed E-state index contributed by atoms with van der Waals surface area (Å²) in [6.07, 6.45) is 1.96. The van der Waals surface area contributed by atoms with Crippen LogP contribution in [0.4, 0.5) is 0 Å². The summed E-state index contributed by atoms with van der Waals surface area (Å²) < 4.78 is 0. The normalized spacial score (nSPS) is 11.6. The topological polar surface area (TPSA) is 0 Å². The van der Waals surface area contributed by atoms with Crippen molar-refractivity contribution in [3.05, 3.63) is 35.9 Å². The highest BCUT2D eigenvalue weighted by molar-refractivity contribution is 6.35. The first-order chi connectivity index (χ1) is 5.96. The maximum atomic E-state index is 3.84. The zero-order chi connectivity index (χ0) is 10.1. The SMILES string of the molecule is C=Cc1cccc(C(C)(C)C)c1[SiH3]. The minimum Gasteiger partial charge on any atom is -0.0985 e. The predicted octanol–water partition coefficient (Wildman–Crippen LogP) is 1.62. The van der Waals surface area contributed by atoms with Gasteiger partial charge in [-0.1, -0.05) is 56.8 Å². The lowest BCUT2D eigenvalue weighted by molar-refractivity contribution is 0.594. The summed E-state index contributed by atoms with van der Waals surface area (Å²) in [5, 5.41) is 1.49. The van der Waals surface area contributed by atoms with E-state index in [0.717, 1.165) is 10.2 Å². The molecule has 0 fully saturated rings. The lowest BCUT2D eigenvalue weighted by Gasteiger charge is -2.22. The van der Waals surface area contributed by atoms with E-state index >= 15 is 0 Å². The van der Waals surface area contributed by atoms with Crippen molar-refractivity contribution in [3.63, 3.8) is 0 Å². The lowest BCUT2D eigenvalue weighted by atomic mass is 9.86. The van der Waals surface area contributed by atoms with Crippen molar-refractivity contribution < 1.29 is 0 Å². The summed E-state index contributed by atoms with van der Waals surface area (Å²) in [6, 6.07) is 6.50. The smallest absolute Gasteiger partial charge is 0.0396 e. The zero-order valence-corrected chi connectivity index (χ0v) is 11.0. The molecule has 0 N–H and O–H groups in total. The molecule has 0 aromatic heterocycles. The minimum absolute atomic E-state index is 0.260. The average molecular weight is 190 g/mol. The molecule has 0 unspecified atom stereocenters. The van der Waals surface area contributed by atoms with Gasteiger partial charge in [0, 0.05) is 10.2 Å². The van der Waals surface area contributed by atoms with E-state index in [2.05, 4.69) is 45.5 Å². The largest absolute Gasteiger partial charge is 0.0985 e. The van der Waals surface area contributed by atoms with E-state index in [1.165, 1.54) is 16.3 Å². The van der Waals surface area contributed by atoms with Crippen LogP contribution in [-0.2, 0) is 5.41 Å². The molecule has 70 valence electrons. The van der Waals surface area contributed by atoms with E-state index < -0.39 is 0 Å². The van der Waals surface area contributed by atoms with E-state index in [1.807, 2.05) is 6.08 Å². The Hall–Kier alpha value is -0.823. The van der Waals surface area contributed by atoms with Crippen LogP contribution in [0, 0.1) is 0 Å². The molecule has 0 heterocycles. The maximum Gasteiger partial charge on any atom is 0.0396 e. The van der Waals surface area contributed by atoms with Crippen LogP contribution in [-0.4, -0.2) is 10.2 Å². The van der Waals surface area contributed by atoms with Crippen LogP contribution in [0.15, 0.2) is 24.8 Å². The first-order valence-corrected chi connectivity index (χ1v) is 5.69. The van der Waals surface area contributed by atoms with Gasteiger partial charge in [0.1, 0.15) is 0 Å². The molecule has 0 radical (unpaired) electrons. The molecule has 0 nitrogen and oxygen atoms in total. The number of hydrogen-bond acceptors (Lipinski definition) is 0. The van der Waals surface area contributed by atoms with Gasteiger partial charge in [-0.15, -0.1) is 0 Å². The highest BCUT2D eigenvalue weighted by atomic mass is 28.1. The average Bonchev–Trinajstić information content (AvgIpc) is 2.02. The molecule has 1 aromatic carbocycles. The Morgan fingerprint density at radius 2 is 1.92 bits per heavy atom. The van der Waals surface area contributed by atoms with Gasteiger partial charge in [-0.2, -0.15) is 0 Å². The molecule has 0 bridgehead atoms. The first kappa shape index (κ1) is 10.3. The van der Waals surface area contributed by atoms with Gasteiger partial charge in [0.15, 0.2) is 0 Å². The van der Waals surface area contributed by atoms with Crippen molar-refractivity contribution in [2.75, 3.05) is 0 Å². The molecule has 0 amide bonds. The predicted molar refractivity (Wildman–Crippen MR) is 64.8 cm³/mol. The summed E-state index contributed by atoms with van der Waals surface area (Å²) in [6.45, 7) is 10.6. The molecule has 0 saturated carbocycles. The molecule has 0 aliphatic heterocycles. The van der Waals surface area contributed by atoms with Crippen molar-refractivity contribution in [2.45, 2.75) is 26.2 Å². The lowest BCUT2D eigenvalue weighted by Crippen LogP contribution is -2.24. The molecule has 0 aliphatic rings. The van der Waals surface area contributed by atoms with Crippen molar-refractivity contribution in [1.82, 2.24) is 0 Å². The second kappa shape index (κ2) is 3.50. The Kier molecular flexibility index (Phi) is 2.76. The van der Waals surface area contributed by atoms with Crippen molar-refractivity contribution in [3.8, 4) is 0 Å². The Bertz CT molecular complexity index is 318. The molecule has 0 aliphatic carbocycles. The van der Waals surface area contributed by atoms with E-state index in [1.54, 1.807) is 0 Å². The van der Waals surface area contributed by atoms with Crippen molar-refractivity contribution in [2.24, 2.45) is 0 Å². The molecular weight excluding hydrogens is 172 g/mol. The molecule has 0 atom stereocenters. The summed E-state index contributed by atoms with van der Waals surface area (Å²) in [7, 11) is 1.10. The molecule has 1 heteroatoms. The van der Waals surface area contributed by atoms with Crippen LogP contribution in [0.1, 0.15) is 31.9 Å². The van der Waals surface area contributed by atoms with Gasteiger partial charge in [0.25, 0.3) is 0 Å². The zero-order valence-electron chi connectivity index (χ0n) is 9.02. The van der Waals surface area contributed by atoms with Gasteiger partial charge in [0.2, 0.25) is 0 Å². The Labute approximate surface area is 84.1 Å². The van der Waals surface area contributed by atoms with Crippen LogP contribution in [0.2, 0.25) is 0 Å². The van der Waals surface area contributed by atoms with E-state index in [0.29, 0.717) is 0 Å². The van der Waals surface area contributed by atoms with Crippen LogP contribution >= 0.6 is 0 Å². The molecule has 1 aromatic rings. The second-order valence-corrected chi connectivity index (χ2v) is 5.47. The van der Waals surface area contributed by atoms with Crippen molar-refractivity contribution >= 4 is 21.5 Å². The van der Waals surface area contributed by atoms with E-state index in [-0.39, 0.29) is 5.41 Å². The third kappa shape index (κ3) is 2.10. The molecule has 1 rings (SSSR count). The van der Waals surface area contributed by atoms with Crippen LogP contribution in [0.3, 0.4) is 0 Å². The maximum absolute atomic E-state index is 3.84. The quantitative estimate of drug-likeness (QED) is 0.590. The molecular formula is C12H18Si. The van der Waals surface area contributed by atoms with Crippen LogP contribution in [0.25, 0.3) is 6.08 Å². The van der Waals surface area contributed by atoms with Gasteiger partial charge < -0.3 is 0 Å². The molecule has 0 saturated heterocycles. The number of benzene rings is 1. The minimum atomic E-state index is 0.260. The Morgan fingerprint density at radius 1 is 1.31 bits per heavy atom. The van der Waals surface area contributed by atoms with E-state index in [9.17, 15) is 0 Å². The summed E-state index contributed by atoms with van der Waals surface area (Å²) >= 11 is 0. The standard InChI is InChI=1S/C12H18Si/c1-5-9-7-6-8-10(11(9)13)12(2,3)4/h5-8H,1H2,2-4,13H3. The Balaban J connectivity index is 3.32. The fraction of sp³-hybridized carbons (Fsp3) is 0.333. The summed E-state index contributed by atoms with van der Waals surface area (Å²) in [5.41, 5.74) is 3.03. The number of rotatable bonds is 1. The third-order valence-electron chi connectivity index (χ3n) is 2.40. The van der Waals surface area contributed by atoms with Gasteiger partial charge in [0.05, 0.1) is 0 Å². The molecule has 13 heavy (non-hydrogen) atoms. The van der Waals surface area contributed by atoms with Crippen LogP contribution < -0.4 is 5.19 Å².